The smallest absolute Gasteiger partial charge is 0.138 e. The number of aromatic nitrogens is 1. The fraction of sp³-hybridized carbons (Fsp3) is 0.296. The summed E-state index contributed by atoms with van der Waals surface area (Å²) in [6.45, 7) is 11.7. The number of aryl methyl sites for hydroxylation is 2. The summed E-state index contributed by atoms with van der Waals surface area (Å²) < 4.78 is 23.7. The third-order valence-electron chi connectivity index (χ3n) is 5.31. The molecule has 2 nitrogen and oxygen atoms in total. The molecular weight excluding hydrogens is 354 g/mol. The van der Waals surface area contributed by atoms with Crippen molar-refractivity contribution in [3.8, 4) is 22.6 Å². The molecule has 0 fully saturated rings. The second-order valence-electron chi connectivity index (χ2n) is 8.32. The molecule has 0 amide bonds. The summed E-state index contributed by atoms with van der Waals surface area (Å²) in [4.78, 5) is 4.67. The molecule has 4 aromatic rings. The van der Waals surface area contributed by atoms with Crippen LogP contribution in [0.3, 0.4) is 0 Å². The van der Waals surface area contributed by atoms with Gasteiger partial charge in [-0.3, -0.25) is 4.98 Å². The minimum Gasteiger partial charge on any atom is -0.456 e. The van der Waals surface area contributed by atoms with E-state index in [2.05, 4.69) is 37.0 Å². The standard InChI is InChI=1S/C27H29NO/c1-16(2)22-8-7-9-23(17(3)4)27(22)26-13-21-15-28-24(14-25(21)29-26)20-11-18(5)10-19(6)12-20/h7-17H,1-6H3/i16D,17D. The van der Waals surface area contributed by atoms with Gasteiger partial charge in [0.1, 0.15) is 11.3 Å². The Kier molecular flexibility index (Phi) is 4.41. The molecule has 0 unspecified atom stereocenters. The largest absolute Gasteiger partial charge is 0.456 e. The van der Waals surface area contributed by atoms with E-state index < -0.39 is 11.8 Å². The number of furan rings is 1. The molecule has 0 aliphatic rings. The SMILES string of the molecule is [2H]C(C)(C)c1cccc(C([2H])(C)C)c1-c1cc2cnc(-c3cc(C)cc(C)c3)cc2o1. The summed E-state index contributed by atoms with van der Waals surface area (Å²) in [5.41, 5.74) is 7.64. The summed E-state index contributed by atoms with van der Waals surface area (Å²) in [5.74, 6) is -0.962. The van der Waals surface area contributed by atoms with Crippen molar-refractivity contribution in [3.05, 3.63) is 77.0 Å². The van der Waals surface area contributed by atoms with Crippen LogP contribution in [0.2, 0.25) is 0 Å². The second-order valence-corrected chi connectivity index (χ2v) is 8.32. The molecule has 148 valence electrons. The van der Waals surface area contributed by atoms with Gasteiger partial charge in [-0.15, -0.1) is 0 Å². The first kappa shape index (κ1) is 17.0. The van der Waals surface area contributed by atoms with Crippen LogP contribution >= 0.6 is 0 Å². The lowest BCUT2D eigenvalue weighted by Gasteiger charge is -2.17. The van der Waals surface area contributed by atoms with Crippen LogP contribution in [-0.4, -0.2) is 4.98 Å². The Bertz CT molecular complexity index is 1220. The molecule has 0 atom stereocenters. The van der Waals surface area contributed by atoms with Gasteiger partial charge in [0.05, 0.1) is 5.69 Å². The number of fused-ring (bicyclic) bond motifs is 1. The molecule has 0 saturated heterocycles. The predicted molar refractivity (Wildman–Crippen MR) is 123 cm³/mol. The van der Waals surface area contributed by atoms with E-state index in [0.29, 0.717) is 5.76 Å². The Labute approximate surface area is 176 Å². The molecule has 0 radical (unpaired) electrons. The zero-order chi connectivity index (χ0) is 22.6. The molecule has 0 bridgehead atoms. The van der Waals surface area contributed by atoms with Crippen LogP contribution in [0.5, 0.6) is 0 Å². The van der Waals surface area contributed by atoms with Crippen molar-refractivity contribution in [1.29, 1.82) is 0 Å². The molecule has 0 spiro atoms. The van der Waals surface area contributed by atoms with Crippen LogP contribution in [0.1, 0.15) is 64.5 Å². The van der Waals surface area contributed by atoms with Crippen LogP contribution in [0.4, 0.5) is 0 Å². The van der Waals surface area contributed by atoms with Gasteiger partial charge in [0.15, 0.2) is 0 Å². The van der Waals surface area contributed by atoms with Gasteiger partial charge in [-0.1, -0.05) is 63.1 Å². The highest BCUT2D eigenvalue weighted by atomic mass is 16.3. The summed E-state index contributed by atoms with van der Waals surface area (Å²) in [6, 6.07) is 16.2. The first-order valence-corrected chi connectivity index (χ1v) is 10.1. The molecule has 2 aromatic carbocycles. The van der Waals surface area contributed by atoms with E-state index in [1.165, 1.54) is 11.1 Å². The van der Waals surface area contributed by atoms with Gasteiger partial charge in [-0.25, -0.2) is 0 Å². The molecule has 0 N–H and O–H groups in total. The van der Waals surface area contributed by atoms with Gasteiger partial charge < -0.3 is 4.42 Å². The number of hydrogen-bond donors (Lipinski definition) is 0. The second kappa shape index (κ2) is 7.51. The van der Waals surface area contributed by atoms with Crippen molar-refractivity contribution >= 4 is 11.0 Å². The quantitative estimate of drug-likeness (QED) is 0.355. The zero-order valence-corrected chi connectivity index (χ0v) is 18.1. The number of pyridine rings is 1. The Morgan fingerprint density at radius 2 is 1.48 bits per heavy atom. The van der Waals surface area contributed by atoms with Crippen molar-refractivity contribution in [3.63, 3.8) is 0 Å². The minimum atomic E-state index is -0.821. The molecule has 4 rings (SSSR count). The Morgan fingerprint density at radius 1 is 0.862 bits per heavy atom. The van der Waals surface area contributed by atoms with E-state index in [4.69, 9.17) is 7.16 Å². The maximum atomic E-state index is 8.67. The average Bonchev–Trinajstić information content (AvgIpc) is 3.08. The van der Waals surface area contributed by atoms with Gasteiger partial charge >= 0.3 is 0 Å². The van der Waals surface area contributed by atoms with Crippen LogP contribution in [0.25, 0.3) is 33.6 Å². The molecule has 2 aromatic heterocycles. The van der Waals surface area contributed by atoms with Crippen molar-refractivity contribution in [2.24, 2.45) is 0 Å². The fourth-order valence-corrected chi connectivity index (χ4v) is 3.99. The number of rotatable bonds is 4. The van der Waals surface area contributed by atoms with E-state index >= 15 is 0 Å². The molecule has 2 heteroatoms. The van der Waals surface area contributed by atoms with Crippen molar-refractivity contribution in [1.82, 2.24) is 4.98 Å². The van der Waals surface area contributed by atoms with Gasteiger partial charge in [-0.2, -0.15) is 0 Å². The summed E-state index contributed by atoms with van der Waals surface area (Å²) >= 11 is 0. The number of hydrogen-bond acceptors (Lipinski definition) is 2. The average molecular weight is 386 g/mol. The van der Waals surface area contributed by atoms with Crippen molar-refractivity contribution in [2.75, 3.05) is 0 Å². The maximum Gasteiger partial charge on any atom is 0.138 e. The minimum absolute atomic E-state index is 0.681. The summed E-state index contributed by atoms with van der Waals surface area (Å²) in [5, 5.41) is 0.912. The van der Waals surface area contributed by atoms with E-state index in [-0.39, 0.29) is 0 Å². The van der Waals surface area contributed by atoms with E-state index in [9.17, 15) is 0 Å². The lowest BCUT2D eigenvalue weighted by Crippen LogP contribution is -1.98. The normalized spacial score (nSPS) is 13.4. The zero-order valence-electron chi connectivity index (χ0n) is 20.1. The summed E-state index contributed by atoms with van der Waals surface area (Å²) in [6.07, 6.45) is 1.84. The highest BCUT2D eigenvalue weighted by molar-refractivity contribution is 5.86. The monoisotopic (exact) mass is 385 g/mol. The molecule has 2 heterocycles. The number of benzene rings is 2. The molecular formula is C27H29NO. The third kappa shape index (κ3) is 3.72. The topological polar surface area (TPSA) is 26.0 Å². The first-order valence-electron chi connectivity index (χ1n) is 11.1. The van der Waals surface area contributed by atoms with E-state index in [1.54, 1.807) is 0 Å². The molecule has 0 aliphatic heterocycles. The highest BCUT2D eigenvalue weighted by Crippen LogP contribution is 2.39. The van der Waals surface area contributed by atoms with Crippen LogP contribution in [0.15, 0.2) is 59.1 Å². The number of nitrogens with zero attached hydrogens (tertiary/aromatic N) is 1. The van der Waals surface area contributed by atoms with Gasteiger partial charge in [0, 0.05) is 31.5 Å². The van der Waals surface area contributed by atoms with Crippen LogP contribution in [-0.2, 0) is 0 Å². The van der Waals surface area contributed by atoms with Gasteiger partial charge in [0.2, 0.25) is 0 Å². The Morgan fingerprint density at radius 3 is 2.07 bits per heavy atom. The lowest BCUT2D eigenvalue weighted by molar-refractivity contribution is 0.627. The van der Waals surface area contributed by atoms with E-state index in [0.717, 1.165) is 38.9 Å². The fourth-order valence-electron chi connectivity index (χ4n) is 3.99. The Hall–Kier alpha value is -2.87. The first-order chi connectivity index (χ1) is 14.4. The van der Waals surface area contributed by atoms with Crippen molar-refractivity contribution < 1.29 is 7.16 Å². The Balaban J connectivity index is 1.92. The molecule has 0 aliphatic carbocycles. The highest BCUT2D eigenvalue weighted by Gasteiger charge is 2.19. The van der Waals surface area contributed by atoms with E-state index in [1.807, 2.05) is 64.2 Å². The molecule has 0 saturated carbocycles. The van der Waals surface area contributed by atoms with Gasteiger partial charge in [-0.05, 0) is 55.0 Å². The summed E-state index contributed by atoms with van der Waals surface area (Å²) in [7, 11) is 0. The van der Waals surface area contributed by atoms with Gasteiger partial charge in [0.25, 0.3) is 0 Å². The van der Waals surface area contributed by atoms with Crippen LogP contribution < -0.4 is 0 Å². The maximum absolute atomic E-state index is 8.67. The van der Waals surface area contributed by atoms with Crippen molar-refractivity contribution in [2.45, 2.75) is 53.3 Å². The lowest BCUT2D eigenvalue weighted by atomic mass is 9.87. The van der Waals surface area contributed by atoms with Crippen LogP contribution in [0, 0.1) is 13.8 Å². The third-order valence-corrected chi connectivity index (χ3v) is 5.31. The molecule has 29 heavy (non-hydrogen) atoms. The predicted octanol–water partition coefficient (Wildman–Crippen LogP) is 8.03.